The van der Waals surface area contributed by atoms with Gasteiger partial charge in [0, 0.05) is 12.4 Å². The highest BCUT2D eigenvalue weighted by Gasteiger charge is 2.52. The Morgan fingerprint density at radius 1 is 1.11 bits per heavy atom. The van der Waals surface area contributed by atoms with Crippen molar-refractivity contribution in [1.82, 2.24) is 9.61 Å². The number of fused-ring (bicyclic) bond motifs is 1. The van der Waals surface area contributed by atoms with Crippen molar-refractivity contribution < 1.29 is 9.31 Å². The van der Waals surface area contributed by atoms with E-state index in [2.05, 4.69) is 39.7 Å². The molecule has 0 aromatic carbocycles. The van der Waals surface area contributed by atoms with Crippen LogP contribution in [0, 0.1) is 6.92 Å². The fraction of sp³-hybridized carbons (Fsp3) is 0.500. The number of nitrogens with zero attached hydrogens (tertiary/aromatic N) is 2. The van der Waals surface area contributed by atoms with E-state index in [1.54, 1.807) is 6.20 Å². The predicted molar refractivity (Wildman–Crippen MR) is 75.6 cm³/mol. The van der Waals surface area contributed by atoms with E-state index in [-0.39, 0.29) is 18.3 Å². The average Bonchev–Trinajstić information content (AvgIpc) is 2.83. The molecule has 19 heavy (non-hydrogen) atoms. The van der Waals surface area contributed by atoms with Crippen LogP contribution in [-0.4, -0.2) is 27.9 Å². The van der Waals surface area contributed by atoms with Gasteiger partial charge in [-0.3, -0.25) is 0 Å². The molecule has 0 bridgehead atoms. The zero-order valence-corrected chi connectivity index (χ0v) is 12.1. The molecule has 5 heteroatoms. The number of hydrogen-bond donors (Lipinski definition) is 0. The molecule has 0 spiro atoms. The van der Waals surface area contributed by atoms with Crippen LogP contribution in [-0.2, 0) is 9.31 Å². The molecular weight excluding hydrogens is 239 g/mol. The Hall–Kier alpha value is -1.33. The fourth-order valence-electron chi connectivity index (χ4n) is 2.38. The number of aryl methyl sites for hydroxylation is 1. The summed E-state index contributed by atoms with van der Waals surface area (Å²) >= 11 is 0. The van der Waals surface area contributed by atoms with Crippen LogP contribution < -0.4 is 5.46 Å². The van der Waals surface area contributed by atoms with Crippen molar-refractivity contribution in [3.05, 3.63) is 30.1 Å². The van der Waals surface area contributed by atoms with Gasteiger partial charge in [-0.15, -0.1) is 0 Å². The lowest BCUT2D eigenvalue weighted by molar-refractivity contribution is 0.00578. The van der Waals surface area contributed by atoms with Gasteiger partial charge in [0.2, 0.25) is 0 Å². The first-order chi connectivity index (χ1) is 8.82. The van der Waals surface area contributed by atoms with Crippen LogP contribution in [0.1, 0.15) is 33.3 Å². The Morgan fingerprint density at radius 3 is 2.37 bits per heavy atom. The molecule has 0 aliphatic carbocycles. The molecule has 0 radical (unpaired) electrons. The zero-order chi connectivity index (χ0) is 13.8. The second-order valence-corrected chi connectivity index (χ2v) is 6.15. The number of rotatable bonds is 1. The maximum absolute atomic E-state index is 6.10. The summed E-state index contributed by atoms with van der Waals surface area (Å²) in [5, 5.41) is 4.24. The largest absolute Gasteiger partial charge is 0.495 e. The maximum Gasteiger partial charge on any atom is 0.495 e. The third kappa shape index (κ3) is 1.80. The van der Waals surface area contributed by atoms with Gasteiger partial charge in [-0.25, -0.2) is 4.52 Å². The summed E-state index contributed by atoms with van der Waals surface area (Å²) in [7, 11) is -0.315. The second-order valence-electron chi connectivity index (χ2n) is 6.15. The highest BCUT2D eigenvalue weighted by molar-refractivity contribution is 6.62. The number of pyridine rings is 1. The van der Waals surface area contributed by atoms with E-state index in [0.717, 1.165) is 16.5 Å². The molecule has 0 amide bonds. The van der Waals surface area contributed by atoms with Gasteiger partial charge in [-0.2, -0.15) is 5.10 Å². The molecular formula is C14H19BN2O2. The molecule has 3 heterocycles. The first-order valence-electron chi connectivity index (χ1n) is 6.60. The monoisotopic (exact) mass is 258 g/mol. The lowest BCUT2D eigenvalue weighted by atomic mass is 9.76. The van der Waals surface area contributed by atoms with Crippen LogP contribution in [0.5, 0.6) is 0 Å². The van der Waals surface area contributed by atoms with Crippen molar-refractivity contribution >= 4 is 18.1 Å². The van der Waals surface area contributed by atoms with E-state index in [1.807, 2.05) is 22.8 Å². The molecule has 4 nitrogen and oxygen atoms in total. The summed E-state index contributed by atoms with van der Waals surface area (Å²) in [5.41, 5.74) is 2.70. The minimum absolute atomic E-state index is 0.309. The minimum Gasteiger partial charge on any atom is -0.399 e. The molecule has 0 N–H and O–H groups in total. The second kappa shape index (κ2) is 3.84. The van der Waals surface area contributed by atoms with E-state index in [1.165, 1.54) is 0 Å². The van der Waals surface area contributed by atoms with Gasteiger partial charge in [0.25, 0.3) is 0 Å². The van der Waals surface area contributed by atoms with Gasteiger partial charge in [0.1, 0.15) is 0 Å². The molecule has 0 unspecified atom stereocenters. The standard InChI is InChI=1S/C14H19BN2O2/c1-10-11(7-9-17-12(10)6-8-16-17)15-18-13(2,3)14(4,5)19-15/h6-9H,1-5H3. The van der Waals surface area contributed by atoms with Crippen LogP contribution in [0.2, 0.25) is 0 Å². The topological polar surface area (TPSA) is 35.8 Å². The van der Waals surface area contributed by atoms with Gasteiger partial charge in [0.05, 0.1) is 16.7 Å². The fourth-order valence-corrected chi connectivity index (χ4v) is 2.38. The van der Waals surface area contributed by atoms with Crippen LogP contribution in [0.25, 0.3) is 5.52 Å². The highest BCUT2D eigenvalue weighted by Crippen LogP contribution is 2.36. The molecule has 1 aliphatic heterocycles. The van der Waals surface area contributed by atoms with Crippen molar-refractivity contribution in [2.75, 3.05) is 0 Å². The number of hydrogen-bond acceptors (Lipinski definition) is 3. The van der Waals surface area contributed by atoms with Crippen LogP contribution >= 0.6 is 0 Å². The average molecular weight is 258 g/mol. The molecule has 3 rings (SSSR count). The molecule has 0 atom stereocenters. The van der Waals surface area contributed by atoms with E-state index < -0.39 is 0 Å². The lowest BCUT2D eigenvalue weighted by Crippen LogP contribution is -2.41. The molecule has 100 valence electrons. The van der Waals surface area contributed by atoms with Gasteiger partial charge in [0.15, 0.2) is 0 Å². The summed E-state index contributed by atoms with van der Waals surface area (Å²) in [5.74, 6) is 0. The van der Waals surface area contributed by atoms with Gasteiger partial charge >= 0.3 is 7.12 Å². The van der Waals surface area contributed by atoms with Crippen LogP contribution in [0.15, 0.2) is 24.5 Å². The molecule has 2 aromatic heterocycles. The third-order valence-electron chi connectivity index (χ3n) is 4.39. The molecule has 0 saturated carbocycles. The summed E-state index contributed by atoms with van der Waals surface area (Å²) in [6.45, 7) is 10.4. The molecule has 1 saturated heterocycles. The first kappa shape index (κ1) is 12.7. The third-order valence-corrected chi connectivity index (χ3v) is 4.39. The SMILES string of the molecule is Cc1c(B2OC(C)(C)C(C)(C)O2)ccn2nccc12. The normalized spacial score (nSPS) is 21.2. The van der Waals surface area contributed by atoms with E-state index in [4.69, 9.17) is 9.31 Å². The molecule has 1 aliphatic rings. The molecule has 1 fully saturated rings. The van der Waals surface area contributed by atoms with Crippen molar-refractivity contribution in [3.63, 3.8) is 0 Å². The lowest BCUT2D eigenvalue weighted by Gasteiger charge is -2.32. The smallest absolute Gasteiger partial charge is 0.399 e. The summed E-state index contributed by atoms with van der Waals surface area (Å²) in [4.78, 5) is 0. The first-order valence-corrected chi connectivity index (χ1v) is 6.60. The van der Waals surface area contributed by atoms with E-state index in [9.17, 15) is 0 Å². The van der Waals surface area contributed by atoms with Crippen molar-refractivity contribution in [1.29, 1.82) is 0 Å². The predicted octanol–water partition coefficient (Wildman–Crippen LogP) is 1.94. The minimum atomic E-state index is -0.315. The van der Waals surface area contributed by atoms with Crippen molar-refractivity contribution in [3.8, 4) is 0 Å². The Kier molecular flexibility index (Phi) is 2.56. The molecule has 2 aromatic rings. The Labute approximate surface area is 113 Å². The van der Waals surface area contributed by atoms with Crippen LogP contribution in [0.3, 0.4) is 0 Å². The zero-order valence-electron chi connectivity index (χ0n) is 12.1. The quantitative estimate of drug-likeness (QED) is 0.733. The summed E-state index contributed by atoms with van der Waals surface area (Å²) in [6, 6.07) is 4.03. The maximum atomic E-state index is 6.10. The summed E-state index contributed by atoms with van der Waals surface area (Å²) in [6.07, 6.45) is 3.75. The van der Waals surface area contributed by atoms with Gasteiger partial charge in [-0.05, 0) is 57.8 Å². The van der Waals surface area contributed by atoms with Gasteiger partial charge < -0.3 is 9.31 Å². The Balaban J connectivity index is 2.04. The number of aromatic nitrogens is 2. The van der Waals surface area contributed by atoms with Gasteiger partial charge in [-0.1, -0.05) is 0 Å². The summed E-state index contributed by atoms with van der Waals surface area (Å²) < 4.78 is 14.1. The van der Waals surface area contributed by atoms with Crippen molar-refractivity contribution in [2.24, 2.45) is 0 Å². The Morgan fingerprint density at radius 2 is 1.74 bits per heavy atom. The highest BCUT2D eigenvalue weighted by atomic mass is 16.7. The van der Waals surface area contributed by atoms with Crippen LogP contribution in [0.4, 0.5) is 0 Å². The van der Waals surface area contributed by atoms with E-state index in [0.29, 0.717) is 0 Å². The van der Waals surface area contributed by atoms with E-state index >= 15 is 0 Å². The Bertz CT molecular complexity index is 617. The van der Waals surface area contributed by atoms with Crippen molar-refractivity contribution in [2.45, 2.75) is 45.8 Å².